The SMILES string of the molecule is O=C1c2ccccc2C(=O)N1CCC(=O)N1CCNCC1c1ccccc1Cl. The van der Waals surface area contributed by atoms with Crippen LogP contribution < -0.4 is 5.32 Å². The molecular formula is C21H20ClN3O3. The van der Waals surface area contributed by atoms with Gasteiger partial charge in [0.05, 0.1) is 17.2 Å². The summed E-state index contributed by atoms with van der Waals surface area (Å²) in [5.41, 5.74) is 1.69. The molecule has 7 heteroatoms. The highest BCUT2D eigenvalue weighted by atomic mass is 35.5. The molecule has 144 valence electrons. The third-order valence-corrected chi connectivity index (χ3v) is 5.60. The van der Waals surface area contributed by atoms with Crippen molar-refractivity contribution in [1.82, 2.24) is 15.1 Å². The number of carbonyl (C=O) groups is 3. The van der Waals surface area contributed by atoms with Crippen LogP contribution in [-0.4, -0.2) is 53.7 Å². The van der Waals surface area contributed by atoms with E-state index in [-0.39, 0.29) is 36.7 Å². The summed E-state index contributed by atoms with van der Waals surface area (Å²) in [5.74, 6) is -0.768. The molecule has 6 nitrogen and oxygen atoms in total. The number of fused-ring (bicyclic) bond motifs is 1. The highest BCUT2D eigenvalue weighted by molar-refractivity contribution is 6.31. The van der Waals surface area contributed by atoms with Crippen molar-refractivity contribution in [3.05, 3.63) is 70.2 Å². The molecule has 1 atom stereocenters. The van der Waals surface area contributed by atoms with Crippen molar-refractivity contribution in [3.8, 4) is 0 Å². The largest absolute Gasteiger partial charge is 0.333 e. The Kier molecular flexibility index (Phi) is 5.15. The first kappa shape index (κ1) is 18.7. The van der Waals surface area contributed by atoms with Gasteiger partial charge in [-0.1, -0.05) is 41.9 Å². The van der Waals surface area contributed by atoms with Crippen molar-refractivity contribution in [2.75, 3.05) is 26.2 Å². The zero-order valence-electron chi connectivity index (χ0n) is 15.2. The number of piperazine rings is 1. The molecule has 1 fully saturated rings. The van der Waals surface area contributed by atoms with Gasteiger partial charge in [0.25, 0.3) is 11.8 Å². The quantitative estimate of drug-likeness (QED) is 0.805. The van der Waals surface area contributed by atoms with Gasteiger partial charge in [-0.3, -0.25) is 19.3 Å². The number of benzene rings is 2. The standard InChI is InChI=1S/C21H20ClN3O3/c22-17-8-4-3-7-16(17)18-13-23-10-12-24(18)19(26)9-11-25-20(27)14-5-1-2-6-15(14)21(25)28/h1-8,18,23H,9-13H2. The molecule has 0 aromatic heterocycles. The first-order valence-electron chi connectivity index (χ1n) is 9.28. The summed E-state index contributed by atoms with van der Waals surface area (Å²) in [4.78, 5) is 40.8. The minimum atomic E-state index is -0.337. The number of hydrogen-bond donors (Lipinski definition) is 1. The van der Waals surface area contributed by atoms with Gasteiger partial charge in [0, 0.05) is 37.6 Å². The molecule has 0 saturated carbocycles. The minimum Gasteiger partial charge on any atom is -0.333 e. The summed E-state index contributed by atoms with van der Waals surface area (Å²) >= 11 is 6.33. The number of imide groups is 1. The molecule has 1 unspecified atom stereocenters. The van der Waals surface area contributed by atoms with E-state index in [0.717, 1.165) is 10.5 Å². The van der Waals surface area contributed by atoms with Crippen LogP contribution in [0.1, 0.15) is 38.7 Å². The maximum atomic E-state index is 12.9. The van der Waals surface area contributed by atoms with Gasteiger partial charge in [-0.25, -0.2) is 0 Å². The molecule has 0 bridgehead atoms. The van der Waals surface area contributed by atoms with Crippen LogP contribution in [0, 0.1) is 0 Å². The number of nitrogens with one attached hydrogen (secondary N) is 1. The van der Waals surface area contributed by atoms with Gasteiger partial charge in [-0.05, 0) is 23.8 Å². The van der Waals surface area contributed by atoms with Gasteiger partial charge in [0.15, 0.2) is 0 Å². The average Bonchev–Trinajstić information content (AvgIpc) is 2.97. The molecule has 28 heavy (non-hydrogen) atoms. The van der Waals surface area contributed by atoms with Crippen molar-refractivity contribution >= 4 is 29.3 Å². The van der Waals surface area contributed by atoms with Crippen LogP contribution in [0.2, 0.25) is 5.02 Å². The topological polar surface area (TPSA) is 69.7 Å². The predicted octanol–water partition coefficient (Wildman–Crippen LogP) is 2.50. The van der Waals surface area contributed by atoms with Crippen molar-refractivity contribution in [2.24, 2.45) is 0 Å². The fourth-order valence-electron chi connectivity index (χ4n) is 3.82. The van der Waals surface area contributed by atoms with E-state index in [1.54, 1.807) is 29.2 Å². The van der Waals surface area contributed by atoms with Gasteiger partial charge in [-0.15, -0.1) is 0 Å². The van der Waals surface area contributed by atoms with Crippen LogP contribution in [0.15, 0.2) is 48.5 Å². The number of rotatable bonds is 4. The van der Waals surface area contributed by atoms with Crippen LogP contribution in [0.4, 0.5) is 0 Å². The van der Waals surface area contributed by atoms with Gasteiger partial charge in [0.2, 0.25) is 5.91 Å². The number of amides is 3. The summed E-state index contributed by atoms with van der Waals surface area (Å²) in [5, 5.41) is 3.92. The third kappa shape index (κ3) is 3.30. The number of hydrogen-bond acceptors (Lipinski definition) is 4. The third-order valence-electron chi connectivity index (χ3n) is 5.26. The summed E-state index contributed by atoms with van der Waals surface area (Å²) in [6, 6.07) is 14.1. The molecule has 0 aliphatic carbocycles. The predicted molar refractivity (Wildman–Crippen MR) is 105 cm³/mol. The molecule has 4 rings (SSSR count). The molecule has 1 N–H and O–H groups in total. The molecule has 2 heterocycles. The zero-order chi connectivity index (χ0) is 19.7. The normalized spacial score (nSPS) is 19.1. The second-order valence-electron chi connectivity index (χ2n) is 6.89. The van der Waals surface area contributed by atoms with E-state index >= 15 is 0 Å². The molecule has 0 radical (unpaired) electrons. The lowest BCUT2D eigenvalue weighted by Gasteiger charge is -2.37. The van der Waals surface area contributed by atoms with Gasteiger partial charge in [0.1, 0.15) is 0 Å². The molecular weight excluding hydrogens is 378 g/mol. The lowest BCUT2D eigenvalue weighted by molar-refractivity contribution is -0.134. The molecule has 1 saturated heterocycles. The maximum Gasteiger partial charge on any atom is 0.261 e. The Bertz CT molecular complexity index is 911. The van der Waals surface area contributed by atoms with Crippen LogP contribution in [0.5, 0.6) is 0 Å². The van der Waals surface area contributed by atoms with E-state index in [1.165, 1.54) is 0 Å². The second kappa shape index (κ2) is 7.73. The van der Waals surface area contributed by atoms with Crippen LogP contribution in [0.25, 0.3) is 0 Å². The Hall–Kier alpha value is -2.70. The summed E-state index contributed by atoms with van der Waals surface area (Å²) in [6.45, 7) is 1.93. The van der Waals surface area contributed by atoms with Crippen molar-refractivity contribution in [2.45, 2.75) is 12.5 Å². The minimum absolute atomic E-state index is 0.0738. The smallest absolute Gasteiger partial charge is 0.261 e. The van der Waals surface area contributed by atoms with Crippen LogP contribution in [-0.2, 0) is 4.79 Å². The highest BCUT2D eigenvalue weighted by Gasteiger charge is 2.36. The molecule has 3 amide bonds. The average molecular weight is 398 g/mol. The van der Waals surface area contributed by atoms with Gasteiger partial charge in [-0.2, -0.15) is 0 Å². The van der Waals surface area contributed by atoms with E-state index < -0.39 is 0 Å². The van der Waals surface area contributed by atoms with Crippen molar-refractivity contribution < 1.29 is 14.4 Å². The van der Waals surface area contributed by atoms with Crippen molar-refractivity contribution in [1.29, 1.82) is 0 Å². The van der Waals surface area contributed by atoms with Crippen LogP contribution >= 0.6 is 11.6 Å². The lowest BCUT2D eigenvalue weighted by Crippen LogP contribution is -2.49. The van der Waals surface area contributed by atoms with E-state index in [0.29, 0.717) is 35.8 Å². The maximum absolute atomic E-state index is 12.9. The monoisotopic (exact) mass is 397 g/mol. The van der Waals surface area contributed by atoms with E-state index in [4.69, 9.17) is 11.6 Å². The molecule has 2 aromatic rings. The molecule has 2 aliphatic rings. The first-order valence-corrected chi connectivity index (χ1v) is 9.65. The van der Waals surface area contributed by atoms with E-state index in [9.17, 15) is 14.4 Å². The lowest BCUT2D eigenvalue weighted by atomic mass is 10.0. The van der Waals surface area contributed by atoms with Crippen LogP contribution in [0.3, 0.4) is 0 Å². The summed E-state index contributed by atoms with van der Waals surface area (Å²) in [7, 11) is 0. The van der Waals surface area contributed by atoms with E-state index in [1.807, 2.05) is 24.3 Å². The fraction of sp³-hybridized carbons (Fsp3) is 0.286. The fourth-order valence-corrected chi connectivity index (χ4v) is 4.08. The van der Waals surface area contributed by atoms with E-state index in [2.05, 4.69) is 5.32 Å². The molecule has 2 aromatic carbocycles. The first-order chi connectivity index (χ1) is 13.6. The molecule has 0 spiro atoms. The molecule has 2 aliphatic heterocycles. The highest BCUT2D eigenvalue weighted by Crippen LogP contribution is 2.29. The number of halogens is 1. The Balaban J connectivity index is 1.47. The summed E-state index contributed by atoms with van der Waals surface area (Å²) in [6.07, 6.45) is 0.0897. The Morgan fingerprint density at radius 2 is 1.68 bits per heavy atom. The number of nitrogens with zero attached hydrogens (tertiary/aromatic N) is 2. The Labute approximate surface area is 168 Å². The van der Waals surface area contributed by atoms with Gasteiger partial charge >= 0.3 is 0 Å². The van der Waals surface area contributed by atoms with Crippen molar-refractivity contribution in [3.63, 3.8) is 0 Å². The zero-order valence-corrected chi connectivity index (χ0v) is 16.0. The summed E-state index contributed by atoms with van der Waals surface area (Å²) < 4.78 is 0. The second-order valence-corrected chi connectivity index (χ2v) is 7.29. The Morgan fingerprint density at radius 1 is 1.04 bits per heavy atom. The van der Waals surface area contributed by atoms with Gasteiger partial charge < -0.3 is 10.2 Å². The Morgan fingerprint density at radius 3 is 2.36 bits per heavy atom. The number of carbonyl (C=O) groups excluding carboxylic acids is 3.